The molecule has 2 rings (SSSR count). The molecule has 0 aliphatic carbocycles. The van der Waals surface area contributed by atoms with Crippen molar-refractivity contribution in [2.75, 3.05) is 6.61 Å². The summed E-state index contributed by atoms with van der Waals surface area (Å²) in [5.74, 6) is 0.571. The normalized spacial score (nSPS) is 12.3. The largest absolute Gasteiger partial charge is 0.492 e. The van der Waals surface area contributed by atoms with Crippen molar-refractivity contribution >= 4 is 50.7 Å². The molecular formula is C16H14BrCl3O. The number of alkyl halides is 1. The Hall–Kier alpha value is -0.410. The van der Waals surface area contributed by atoms with Crippen LogP contribution in [0, 0.1) is 6.92 Å². The van der Waals surface area contributed by atoms with Crippen LogP contribution in [0.15, 0.2) is 34.8 Å². The van der Waals surface area contributed by atoms with E-state index in [1.165, 1.54) is 0 Å². The van der Waals surface area contributed by atoms with Crippen molar-refractivity contribution < 1.29 is 4.74 Å². The molecule has 0 saturated carbocycles. The smallest absolute Gasteiger partial charge is 0.139 e. The Bertz CT molecular complexity index is 638. The molecule has 0 saturated heterocycles. The summed E-state index contributed by atoms with van der Waals surface area (Å²) in [6.45, 7) is 4.45. The number of rotatable bonds is 4. The Morgan fingerprint density at radius 1 is 1.10 bits per heavy atom. The highest BCUT2D eigenvalue weighted by Crippen LogP contribution is 2.40. The average molecular weight is 409 g/mol. The number of benzene rings is 2. The highest BCUT2D eigenvalue weighted by molar-refractivity contribution is 9.10. The van der Waals surface area contributed by atoms with Gasteiger partial charge in [0.1, 0.15) is 5.75 Å². The van der Waals surface area contributed by atoms with Crippen LogP contribution in [-0.2, 0) is 0 Å². The Balaban J connectivity index is 2.43. The first-order chi connectivity index (χ1) is 9.92. The monoisotopic (exact) mass is 406 g/mol. The molecule has 0 heterocycles. The van der Waals surface area contributed by atoms with Gasteiger partial charge in [0.15, 0.2) is 0 Å². The molecule has 0 bridgehead atoms. The van der Waals surface area contributed by atoms with Crippen LogP contribution in [0.3, 0.4) is 0 Å². The van der Waals surface area contributed by atoms with Crippen LogP contribution in [0.1, 0.15) is 29.0 Å². The number of hydrogen-bond acceptors (Lipinski definition) is 1. The number of ether oxygens (including phenoxy) is 1. The van der Waals surface area contributed by atoms with Gasteiger partial charge in [0.2, 0.25) is 0 Å². The first-order valence-corrected chi connectivity index (χ1v) is 8.43. The van der Waals surface area contributed by atoms with Crippen LogP contribution in [0.5, 0.6) is 5.75 Å². The van der Waals surface area contributed by atoms with Crippen molar-refractivity contribution in [3.63, 3.8) is 0 Å². The molecule has 0 radical (unpaired) electrons. The van der Waals surface area contributed by atoms with E-state index in [2.05, 4.69) is 15.9 Å². The van der Waals surface area contributed by atoms with Crippen molar-refractivity contribution in [2.24, 2.45) is 0 Å². The average Bonchev–Trinajstić information content (AvgIpc) is 2.41. The van der Waals surface area contributed by atoms with E-state index < -0.39 is 0 Å². The molecule has 2 aromatic carbocycles. The van der Waals surface area contributed by atoms with Gasteiger partial charge < -0.3 is 4.74 Å². The van der Waals surface area contributed by atoms with Crippen molar-refractivity contribution in [2.45, 2.75) is 19.2 Å². The number of halogens is 4. The quantitative estimate of drug-likeness (QED) is 0.506. The van der Waals surface area contributed by atoms with Crippen molar-refractivity contribution in [1.29, 1.82) is 0 Å². The maximum atomic E-state index is 6.58. The van der Waals surface area contributed by atoms with Gasteiger partial charge in [-0.15, -0.1) is 11.6 Å². The molecule has 0 N–H and O–H groups in total. The van der Waals surface area contributed by atoms with Gasteiger partial charge in [0, 0.05) is 15.6 Å². The van der Waals surface area contributed by atoms with Crippen molar-refractivity contribution in [3.05, 3.63) is 61.5 Å². The molecule has 1 nitrogen and oxygen atoms in total. The molecular weight excluding hydrogens is 394 g/mol. The molecule has 0 spiro atoms. The van der Waals surface area contributed by atoms with Crippen molar-refractivity contribution in [3.8, 4) is 5.75 Å². The molecule has 2 aromatic rings. The molecule has 112 valence electrons. The van der Waals surface area contributed by atoms with E-state index >= 15 is 0 Å². The molecule has 0 fully saturated rings. The minimum absolute atomic E-state index is 0.373. The zero-order valence-corrected chi connectivity index (χ0v) is 15.4. The minimum Gasteiger partial charge on any atom is -0.492 e. The maximum absolute atomic E-state index is 6.58. The topological polar surface area (TPSA) is 9.23 Å². The van der Waals surface area contributed by atoms with Gasteiger partial charge in [-0.25, -0.2) is 0 Å². The van der Waals surface area contributed by atoms with Crippen LogP contribution in [0.2, 0.25) is 10.0 Å². The summed E-state index contributed by atoms with van der Waals surface area (Å²) < 4.78 is 6.41. The Labute approximate surface area is 148 Å². The second-order valence-corrected chi connectivity index (χ2v) is 6.83. The van der Waals surface area contributed by atoms with Crippen LogP contribution < -0.4 is 4.74 Å². The summed E-state index contributed by atoms with van der Waals surface area (Å²) in [5.41, 5.74) is 2.85. The summed E-state index contributed by atoms with van der Waals surface area (Å²) in [5, 5.41) is 0.677. The second-order valence-electron chi connectivity index (χ2n) is 4.66. The number of hydrogen-bond donors (Lipinski definition) is 0. The standard InChI is InChI=1S/C16H14BrCl3O/c1-3-21-15-8-13(18)12(7-14(15)19)16(20)10-4-9(2)5-11(17)6-10/h4-8,16H,3H2,1-2H3. The molecule has 0 aliphatic rings. The lowest BCUT2D eigenvalue weighted by molar-refractivity contribution is 0.340. The zero-order valence-electron chi connectivity index (χ0n) is 11.6. The maximum Gasteiger partial charge on any atom is 0.139 e. The molecule has 0 amide bonds. The minimum atomic E-state index is -0.373. The Morgan fingerprint density at radius 2 is 1.81 bits per heavy atom. The van der Waals surface area contributed by atoms with Crippen LogP contribution in [-0.4, -0.2) is 6.61 Å². The molecule has 21 heavy (non-hydrogen) atoms. The summed E-state index contributed by atoms with van der Waals surface area (Å²) in [7, 11) is 0. The predicted octanol–water partition coefficient (Wildman–Crippen LogP) is 6.79. The fraction of sp³-hybridized carbons (Fsp3) is 0.250. The highest BCUT2D eigenvalue weighted by Gasteiger charge is 2.18. The van der Waals surface area contributed by atoms with Crippen molar-refractivity contribution in [1.82, 2.24) is 0 Å². The zero-order chi connectivity index (χ0) is 15.6. The Kier molecular flexibility index (Phi) is 5.84. The molecule has 1 unspecified atom stereocenters. The highest BCUT2D eigenvalue weighted by atomic mass is 79.9. The van der Waals surface area contributed by atoms with Gasteiger partial charge in [-0.1, -0.05) is 45.2 Å². The van der Waals surface area contributed by atoms with E-state index in [1.807, 2.05) is 32.0 Å². The second kappa shape index (κ2) is 7.23. The summed E-state index contributed by atoms with van der Waals surface area (Å²) in [6.07, 6.45) is 0. The van der Waals surface area contributed by atoms with Crippen LogP contribution in [0.4, 0.5) is 0 Å². The first-order valence-electron chi connectivity index (χ1n) is 6.45. The third kappa shape index (κ3) is 4.07. The lowest BCUT2D eigenvalue weighted by Crippen LogP contribution is -1.98. The third-order valence-electron chi connectivity index (χ3n) is 2.98. The van der Waals surface area contributed by atoms with Crippen LogP contribution >= 0.6 is 50.7 Å². The van der Waals surface area contributed by atoms with Crippen LogP contribution in [0.25, 0.3) is 0 Å². The van der Waals surface area contributed by atoms with E-state index in [0.29, 0.717) is 22.4 Å². The fourth-order valence-electron chi connectivity index (χ4n) is 2.09. The van der Waals surface area contributed by atoms with Gasteiger partial charge in [0.05, 0.1) is 17.0 Å². The summed E-state index contributed by atoms with van der Waals surface area (Å²) in [4.78, 5) is 0. The molecule has 0 aliphatic heterocycles. The van der Waals surface area contributed by atoms with E-state index in [9.17, 15) is 0 Å². The fourth-order valence-corrected chi connectivity index (χ4v) is 3.57. The number of aryl methyl sites for hydroxylation is 1. The van der Waals surface area contributed by atoms with Gasteiger partial charge in [-0.3, -0.25) is 0 Å². The lowest BCUT2D eigenvalue weighted by Gasteiger charge is -2.16. The first kappa shape index (κ1) is 17.0. The lowest BCUT2D eigenvalue weighted by atomic mass is 10.0. The van der Waals surface area contributed by atoms with Gasteiger partial charge in [0.25, 0.3) is 0 Å². The van der Waals surface area contributed by atoms with Gasteiger partial charge in [-0.05, 0) is 48.7 Å². The molecule has 0 aromatic heterocycles. The summed E-state index contributed by atoms with van der Waals surface area (Å²) in [6, 6.07) is 9.51. The van der Waals surface area contributed by atoms with E-state index in [4.69, 9.17) is 39.5 Å². The predicted molar refractivity (Wildman–Crippen MR) is 94.2 cm³/mol. The molecule has 5 heteroatoms. The SMILES string of the molecule is CCOc1cc(Cl)c(C(Cl)c2cc(C)cc(Br)c2)cc1Cl. The van der Waals surface area contributed by atoms with Gasteiger partial charge in [-0.2, -0.15) is 0 Å². The molecule has 1 atom stereocenters. The van der Waals surface area contributed by atoms with E-state index in [-0.39, 0.29) is 5.38 Å². The summed E-state index contributed by atoms with van der Waals surface area (Å²) >= 11 is 22.6. The third-order valence-corrected chi connectivity index (χ3v) is 4.55. The van der Waals surface area contributed by atoms with E-state index in [0.717, 1.165) is 21.2 Å². The Morgan fingerprint density at radius 3 is 2.43 bits per heavy atom. The van der Waals surface area contributed by atoms with Gasteiger partial charge >= 0.3 is 0 Å². The van der Waals surface area contributed by atoms with E-state index in [1.54, 1.807) is 12.1 Å².